The molecule has 1 rings (SSSR count). The summed E-state index contributed by atoms with van der Waals surface area (Å²) in [6, 6.07) is 3.75. The van der Waals surface area contributed by atoms with Crippen LogP contribution in [0, 0.1) is 11.7 Å². The molecule has 0 aliphatic rings. The van der Waals surface area contributed by atoms with Crippen LogP contribution in [0.2, 0.25) is 0 Å². The Kier molecular flexibility index (Phi) is 5.71. The molecule has 0 aliphatic carbocycles. The predicted octanol–water partition coefficient (Wildman–Crippen LogP) is 1.09. The van der Waals surface area contributed by atoms with Crippen LogP contribution in [-0.2, 0) is 10.0 Å². The van der Waals surface area contributed by atoms with Gasteiger partial charge in [-0.15, -0.1) is 0 Å². The first-order chi connectivity index (χ1) is 8.88. The van der Waals surface area contributed by atoms with Crippen molar-refractivity contribution in [3.8, 4) is 0 Å². The number of hydrogen-bond acceptors (Lipinski definition) is 4. The molecular formula is C12H19FN2O3S. The molecule has 4 N–H and O–H groups in total. The number of hydrogen-bond donors (Lipinski definition) is 3. The Morgan fingerprint density at radius 1 is 1.47 bits per heavy atom. The molecule has 0 heterocycles. The van der Waals surface area contributed by atoms with Gasteiger partial charge in [0.15, 0.2) is 0 Å². The van der Waals surface area contributed by atoms with Gasteiger partial charge in [0, 0.05) is 13.2 Å². The molecule has 0 amide bonds. The van der Waals surface area contributed by atoms with Crippen LogP contribution in [-0.4, -0.2) is 26.7 Å². The molecule has 0 spiro atoms. The first-order valence-electron chi connectivity index (χ1n) is 6.03. The van der Waals surface area contributed by atoms with Crippen molar-refractivity contribution in [2.45, 2.75) is 24.7 Å². The van der Waals surface area contributed by atoms with Gasteiger partial charge >= 0.3 is 0 Å². The van der Waals surface area contributed by atoms with Crippen LogP contribution >= 0.6 is 0 Å². The molecule has 1 aromatic carbocycles. The lowest BCUT2D eigenvalue weighted by atomic mass is 10.1. The van der Waals surface area contributed by atoms with Crippen molar-refractivity contribution in [3.63, 3.8) is 0 Å². The Balaban J connectivity index is 2.67. The highest BCUT2D eigenvalue weighted by atomic mass is 32.2. The zero-order valence-corrected chi connectivity index (χ0v) is 11.6. The average molecular weight is 290 g/mol. The first-order valence-corrected chi connectivity index (χ1v) is 7.51. The van der Waals surface area contributed by atoms with Crippen LogP contribution in [0.5, 0.6) is 0 Å². The second-order valence-corrected chi connectivity index (χ2v) is 6.19. The summed E-state index contributed by atoms with van der Waals surface area (Å²) < 4.78 is 39.6. The summed E-state index contributed by atoms with van der Waals surface area (Å²) in [5.74, 6) is -0.751. The lowest BCUT2D eigenvalue weighted by Crippen LogP contribution is -2.27. The summed E-state index contributed by atoms with van der Waals surface area (Å²) in [7, 11) is -3.94. The van der Waals surface area contributed by atoms with Gasteiger partial charge in [0.2, 0.25) is 10.0 Å². The minimum atomic E-state index is -3.94. The summed E-state index contributed by atoms with van der Waals surface area (Å²) in [4.78, 5) is -0.509. The van der Waals surface area contributed by atoms with Crippen molar-refractivity contribution in [1.29, 1.82) is 0 Å². The van der Waals surface area contributed by atoms with Crippen LogP contribution in [0.25, 0.3) is 0 Å². The van der Waals surface area contributed by atoms with E-state index in [-0.39, 0.29) is 24.8 Å². The third-order valence-electron chi connectivity index (χ3n) is 2.74. The number of aliphatic hydroxyl groups is 1. The Labute approximate surface area is 112 Å². The molecule has 1 atom stereocenters. The molecule has 1 aromatic rings. The summed E-state index contributed by atoms with van der Waals surface area (Å²) in [6.07, 6.45) is 1.25. The molecule has 1 unspecified atom stereocenters. The Morgan fingerprint density at radius 2 is 2.16 bits per heavy atom. The van der Waals surface area contributed by atoms with Gasteiger partial charge in [-0.05, 0) is 30.9 Å². The largest absolute Gasteiger partial charge is 0.398 e. The molecular weight excluding hydrogens is 271 g/mol. The van der Waals surface area contributed by atoms with E-state index in [9.17, 15) is 12.8 Å². The maximum atomic E-state index is 13.5. The standard InChI is InChI=1S/C12H19FN2O3S/c1-9(8-16)4-3-7-15-19(17,18)12-10(13)5-2-6-11(12)14/h2,5-6,9,15-16H,3-4,7-8,14H2,1H3. The maximum Gasteiger partial charge on any atom is 0.245 e. The van der Waals surface area contributed by atoms with Gasteiger partial charge in [0.1, 0.15) is 10.7 Å². The average Bonchev–Trinajstić information content (AvgIpc) is 2.33. The molecule has 0 aliphatic heterocycles. The van der Waals surface area contributed by atoms with E-state index in [0.717, 1.165) is 6.07 Å². The predicted molar refractivity (Wildman–Crippen MR) is 71.5 cm³/mol. The van der Waals surface area contributed by atoms with Crippen LogP contribution in [0.4, 0.5) is 10.1 Å². The Hall–Kier alpha value is -1.18. The monoisotopic (exact) mass is 290 g/mol. The van der Waals surface area contributed by atoms with Crippen molar-refractivity contribution in [2.75, 3.05) is 18.9 Å². The topological polar surface area (TPSA) is 92.4 Å². The van der Waals surface area contributed by atoms with Crippen LogP contribution in [0.15, 0.2) is 23.1 Å². The van der Waals surface area contributed by atoms with Crippen molar-refractivity contribution < 1.29 is 17.9 Å². The number of anilines is 1. The Morgan fingerprint density at radius 3 is 2.74 bits per heavy atom. The summed E-state index contributed by atoms with van der Waals surface area (Å²) in [5, 5.41) is 8.84. The van der Waals surface area contributed by atoms with Crippen LogP contribution in [0.1, 0.15) is 19.8 Å². The van der Waals surface area contributed by atoms with E-state index in [0.29, 0.717) is 12.8 Å². The van der Waals surface area contributed by atoms with E-state index >= 15 is 0 Å². The van der Waals surface area contributed by atoms with Crippen LogP contribution < -0.4 is 10.5 Å². The number of nitrogens with two attached hydrogens (primary N) is 1. The number of halogens is 1. The molecule has 5 nitrogen and oxygen atoms in total. The fourth-order valence-corrected chi connectivity index (χ4v) is 2.89. The molecule has 7 heteroatoms. The van der Waals surface area contributed by atoms with E-state index in [1.807, 2.05) is 6.92 Å². The van der Waals surface area contributed by atoms with Crippen molar-refractivity contribution in [2.24, 2.45) is 5.92 Å². The van der Waals surface area contributed by atoms with E-state index in [4.69, 9.17) is 10.8 Å². The van der Waals surface area contributed by atoms with Gasteiger partial charge in [-0.25, -0.2) is 17.5 Å². The number of aliphatic hydroxyl groups excluding tert-OH is 1. The summed E-state index contributed by atoms with van der Waals surface area (Å²) in [6.45, 7) is 2.11. The lowest BCUT2D eigenvalue weighted by molar-refractivity contribution is 0.228. The number of benzene rings is 1. The first kappa shape index (κ1) is 15.9. The van der Waals surface area contributed by atoms with Gasteiger partial charge in [0.25, 0.3) is 0 Å². The molecule has 0 saturated carbocycles. The van der Waals surface area contributed by atoms with Crippen molar-refractivity contribution in [1.82, 2.24) is 4.72 Å². The minimum absolute atomic E-state index is 0.0625. The number of rotatable bonds is 7. The zero-order valence-electron chi connectivity index (χ0n) is 10.8. The zero-order chi connectivity index (χ0) is 14.5. The smallest absolute Gasteiger partial charge is 0.245 e. The maximum absolute atomic E-state index is 13.5. The fraction of sp³-hybridized carbons (Fsp3) is 0.500. The van der Waals surface area contributed by atoms with Gasteiger partial charge in [0.05, 0.1) is 5.69 Å². The van der Waals surface area contributed by atoms with Gasteiger partial charge in [-0.3, -0.25) is 0 Å². The van der Waals surface area contributed by atoms with Gasteiger partial charge in [-0.1, -0.05) is 13.0 Å². The number of nitrogen functional groups attached to an aromatic ring is 1. The number of nitrogens with one attached hydrogen (secondary N) is 1. The van der Waals surface area contributed by atoms with E-state index < -0.39 is 20.7 Å². The van der Waals surface area contributed by atoms with Gasteiger partial charge < -0.3 is 10.8 Å². The van der Waals surface area contributed by atoms with E-state index in [1.54, 1.807) is 0 Å². The molecule has 0 fully saturated rings. The summed E-state index contributed by atoms with van der Waals surface area (Å²) >= 11 is 0. The quantitative estimate of drug-likeness (QED) is 0.518. The molecule has 0 bridgehead atoms. The highest BCUT2D eigenvalue weighted by Crippen LogP contribution is 2.21. The molecule has 108 valence electrons. The molecule has 0 saturated heterocycles. The minimum Gasteiger partial charge on any atom is -0.398 e. The highest BCUT2D eigenvalue weighted by molar-refractivity contribution is 7.89. The second kappa shape index (κ2) is 6.83. The normalized spacial score (nSPS) is 13.4. The fourth-order valence-electron chi connectivity index (χ4n) is 1.63. The van der Waals surface area contributed by atoms with Crippen molar-refractivity contribution in [3.05, 3.63) is 24.0 Å². The SMILES string of the molecule is CC(CO)CCCNS(=O)(=O)c1c(N)cccc1F. The third-order valence-corrected chi connectivity index (χ3v) is 4.30. The van der Waals surface area contributed by atoms with Crippen molar-refractivity contribution >= 4 is 15.7 Å². The molecule has 0 aromatic heterocycles. The van der Waals surface area contributed by atoms with E-state index in [1.165, 1.54) is 12.1 Å². The Bertz CT molecular complexity index is 499. The highest BCUT2D eigenvalue weighted by Gasteiger charge is 2.21. The molecule has 0 radical (unpaired) electrons. The third kappa shape index (κ3) is 4.45. The molecule has 19 heavy (non-hydrogen) atoms. The lowest BCUT2D eigenvalue weighted by Gasteiger charge is -2.11. The van der Waals surface area contributed by atoms with E-state index in [2.05, 4.69) is 4.72 Å². The summed E-state index contributed by atoms with van der Waals surface area (Å²) in [5.41, 5.74) is 5.37. The second-order valence-electron chi connectivity index (χ2n) is 4.49. The number of sulfonamides is 1. The van der Waals surface area contributed by atoms with Gasteiger partial charge in [-0.2, -0.15) is 0 Å². The van der Waals surface area contributed by atoms with Crippen LogP contribution in [0.3, 0.4) is 0 Å².